The first-order valence-corrected chi connectivity index (χ1v) is 8.64. The first-order chi connectivity index (χ1) is 12.7. The molecule has 0 spiro atoms. The van der Waals surface area contributed by atoms with Crippen LogP contribution in [0.1, 0.15) is 24.2 Å². The van der Waals surface area contributed by atoms with Gasteiger partial charge in [0.05, 0.1) is 34.3 Å². The Bertz CT molecular complexity index is 914. The van der Waals surface area contributed by atoms with Crippen LogP contribution >= 0.6 is 11.6 Å². The standard InChI is InChI=1S/C19H18ClN3O4/c1-19(2)14(15(19)18(26)27)17(25)22-10-5-6-12(13(20)8-10)16(24)23-11-4-3-7-21-9-11/h3-9,14-15H,1-2H3,(H,22,25)(H,23,24)(H,26,27)/t14-,15-/m1/s1. The lowest BCUT2D eigenvalue weighted by atomic mass is 10.1. The van der Waals surface area contributed by atoms with Gasteiger partial charge in [-0.1, -0.05) is 25.4 Å². The minimum absolute atomic E-state index is 0.166. The van der Waals surface area contributed by atoms with E-state index in [0.717, 1.165) is 0 Å². The molecule has 1 heterocycles. The van der Waals surface area contributed by atoms with Crippen LogP contribution in [0, 0.1) is 17.3 Å². The lowest BCUT2D eigenvalue weighted by Gasteiger charge is -2.10. The highest BCUT2D eigenvalue weighted by Gasteiger charge is 2.65. The Morgan fingerprint density at radius 3 is 2.41 bits per heavy atom. The van der Waals surface area contributed by atoms with Crippen LogP contribution in [0.4, 0.5) is 11.4 Å². The van der Waals surface area contributed by atoms with E-state index in [2.05, 4.69) is 15.6 Å². The van der Waals surface area contributed by atoms with Gasteiger partial charge in [0.2, 0.25) is 5.91 Å². The van der Waals surface area contributed by atoms with E-state index in [-0.39, 0.29) is 16.5 Å². The van der Waals surface area contributed by atoms with Gasteiger partial charge in [-0.05, 0) is 35.7 Å². The molecule has 8 heteroatoms. The van der Waals surface area contributed by atoms with Crippen LogP contribution in [0.15, 0.2) is 42.7 Å². The number of aliphatic carboxylic acids is 1. The second kappa shape index (κ2) is 7.00. The van der Waals surface area contributed by atoms with Gasteiger partial charge in [-0.3, -0.25) is 19.4 Å². The number of halogens is 1. The molecule has 1 aromatic carbocycles. The zero-order valence-corrected chi connectivity index (χ0v) is 15.4. The third-order valence-corrected chi connectivity index (χ3v) is 5.09. The maximum Gasteiger partial charge on any atom is 0.307 e. The number of hydrogen-bond donors (Lipinski definition) is 3. The summed E-state index contributed by atoms with van der Waals surface area (Å²) in [6, 6.07) is 7.90. The molecule has 1 aliphatic rings. The molecule has 3 N–H and O–H groups in total. The molecule has 1 aromatic heterocycles. The number of benzene rings is 1. The maximum absolute atomic E-state index is 12.4. The van der Waals surface area contributed by atoms with E-state index in [1.165, 1.54) is 18.3 Å². The molecule has 1 saturated carbocycles. The van der Waals surface area contributed by atoms with Gasteiger partial charge in [0, 0.05) is 11.9 Å². The summed E-state index contributed by atoms with van der Waals surface area (Å²) >= 11 is 6.18. The third-order valence-electron chi connectivity index (χ3n) is 4.78. The van der Waals surface area contributed by atoms with Gasteiger partial charge in [0.15, 0.2) is 0 Å². The smallest absolute Gasteiger partial charge is 0.307 e. The van der Waals surface area contributed by atoms with E-state index in [9.17, 15) is 19.5 Å². The van der Waals surface area contributed by atoms with Gasteiger partial charge < -0.3 is 15.7 Å². The zero-order valence-electron chi connectivity index (χ0n) is 14.7. The van der Waals surface area contributed by atoms with Crippen molar-refractivity contribution >= 4 is 40.8 Å². The van der Waals surface area contributed by atoms with E-state index in [1.807, 2.05) is 0 Å². The predicted molar refractivity (Wildman–Crippen MR) is 101 cm³/mol. The van der Waals surface area contributed by atoms with E-state index < -0.39 is 29.1 Å². The van der Waals surface area contributed by atoms with Gasteiger partial charge in [-0.2, -0.15) is 0 Å². The van der Waals surface area contributed by atoms with Crippen molar-refractivity contribution in [3.8, 4) is 0 Å². The number of carbonyl (C=O) groups is 3. The molecule has 27 heavy (non-hydrogen) atoms. The number of nitrogens with one attached hydrogen (secondary N) is 2. The molecule has 0 radical (unpaired) electrons. The number of nitrogens with zero attached hydrogens (tertiary/aromatic N) is 1. The van der Waals surface area contributed by atoms with Crippen LogP contribution in [-0.4, -0.2) is 27.9 Å². The second-order valence-electron chi connectivity index (χ2n) is 6.99. The summed E-state index contributed by atoms with van der Waals surface area (Å²) in [6.07, 6.45) is 3.10. The van der Waals surface area contributed by atoms with Crippen molar-refractivity contribution in [2.24, 2.45) is 17.3 Å². The minimum atomic E-state index is -0.986. The van der Waals surface area contributed by atoms with E-state index in [4.69, 9.17) is 11.6 Å². The summed E-state index contributed by atoms with van der Waals surface area (Å²) < 4.78 is 0. The zero-order chi connectivity index (χ0) is 19.8. The number of aromatic nitrogens is 1. The van der Waals surface area contributed by atoms with Crippen LogP contribution in [0.5, 0.6) is 0 Å². The Kier molecular flexibility index (Phi) is 4.89. The third kappa shape index (κ3) is 3.78. The topological polar surface area (TPSA) is 108 Å². The van der Waals surface area contributed by atoms with Crippen molar-refractivity contribution in [1.82, 2.24) is 4.98 Å². The second-order valence-corrected chi connectivity index (χ2v) is 7.40. The highest BCUT2D eigenvalue weighted by molar-refractivity contribution is 6.34. The number of carboxylic acid groups (broad SMARTS) is 1. The van der Waals surface area contributed by atoms with E-state index in [1.54, 1.807) is 38.2 Å². The number of carboxylic acids is 1. The lowest BCUT2D eigenvalue weighted by molar-refractivity contribution is -0.140. The number of anilines is 2. The summed E-state index contributed by atoms with van der Waals surface area (Å²) in [5.74, 6) is -3.09. The normalized spacial score (nSPS) is 19.8. The Labute approximate surface area is 160 Å². The molecule has 2 atom stereocenters. The van der Waals surface area contributed by atoms with Crippen molar-refractivity contribution in [2.75, 3.05) is 10.6 Å². The van der Waals surface area contributed by atoms with Gasteiger partial charge in [0.1, 0.15) is 0 Å². The molecule has 140 valence electrons. The first-order valence-electron chi connectivity index (χ1n) is 8.26. The fourth-order valence-corrected chi connectivity index (χ4v) is 3.49. The largest absolute Gasteiger partial charge is 0.481 e. The Morgan fingerprint density at radius 2 is 1.85 bits per heavy atom. The summed E-state index contributed by atoms with van der Waals surface area (Å²) in [5.41, 5.74) is 0.582. The molecule has 0 unspecified atom stereocenters. The van der Waals surface area contributed by atoms with E-state index >= 15 is 0 Å². The highest BCUT2D eigenvalue weighted by Crippen LogP contribution is 2.58. The van der Waals surface area contributed by atoms with Crippen molar-refractivity contribution in [1.29, 1.82) is 0 Å². The SMILES string of the molecule is CC1(C)[C@@H](C(=O)O)[C@@H]1C(=O)Nc1ccc(C(=O)Nc2cccnc2)c(Cl)c1. The molecular weight excluding hydrogens is 370 g/mol. The minimum Gasteiger partial charge on any atom is -0.481 e. The number of rotatable bonds is 5. The van der Waals surface area contributed by atoms with Crippen LogP contribution in [0.3, 0.4) is 0 Å². The van der Waals surface area contributed by atoms with Crippen molar-refractivity contribution in [2.45, 2.75) is 13.8 Å². The quantitative estimate of drug-likeness (QED) is 0.729. The van der Waals surface area contributed by atoms with Crippen molar-refractivity contribution in [3.63, 3.8) is 0 Å². The molecule has 0 aliphatic heterocycles. The fourth-order valence-electron chi connectivity index (χ4n) is 3.22. The number of hydrogen-bond acceptors (Lipinski definition) is 4. The predicted octanol–water partition coefficient (Wildman–Crippen LogP) is 3.28. The maximum atomic E-state index is 12.4. The summed E-state index contributed by atoms with van der Waals surface area (Å²) in [6.45, 7) is 3.49. The van der Waals surface area contributed by atoms with Crippen LogP contribution < -0.4 is 10.6 Å². The molecule has 2 amide bonds. The van der Waals surface area contributed by atoms with Gasteiger partial charge >= 0.3 is 5.97 Å². The van der Waals surface area contributed by atoms with Crippen LogP contribution in [0.2, 0.25) is 5.02 Å². The van der Waals surface area contributed by atoms with Gasteiger partial charge in [-0.25, -0.2) is 0 Å². The summed E-state index contributed by atoms with van der Waals surface area (Å²) in [4.78, 5) is 39.8. The molecule has 7 nitrogen and oxygen atoms in total. The fraction of sp³-hybridized carbons (Fsp3) is 0.263. The molecule has 0 bridgehead atoms. The van der Waals surface area contributed by atoms with Crippen LogP contribution in [-0.2, 0) is 9.59 Å². The van der Waals surface area contributed by atoms with Crippen molar-refractivity contribution in [3.05, 3.63) is 53.3 Å². The molecule has 0 saturated heterocycles. The molecule has 3 rings (SSSR count). The molecular formula is C19H18ClN3O4. The number of pyridine rings is 1. The molecule has 1 fully saturated rings. The first kappa shape index (κ1) is 18.8. The average Bonchev–Trinajstić information content (AvgIpc) is 3.18. The number of amides is 2. The van der Waals surface area contributed by atoms with E-state index in [0.29, 0.717) is 11.4 Å². The Balaban J connectivity index is 1.69. The Hall–Kier alpha value is -2.93. The average molecular weight is 388 g/mol. The summed E-state index contributed by atoms with van der Waals surface area (Å²) in [7, 11) is 0. The molecule has 1 aliphatic carbocycles. The number of carbonyl (C=O) groups excluding carboxylic acids is 2. The lowest BCUT2D eigenvalue weighted by Crippen LogP contribution is -2.18. The van der Waals surface area contributed by atoms with Crippen molar-refractivity contribution < 1.29 is 19.5 Å². The summed E-state index contributed by atoms with van der Waals surface area (Å²) in [5, 5.41) is 14.7. The monoisotopic (exact) mass is 387 g/mol. The van der Waals surface area contributed by atoms with Gasteiger partial charge in [-0.15, -0.1) is 0 Å². The Morgan fingerprint density at radius 1 is 1.11 bits per heavy atom. The van der Waals surface area contributed by atoms with Gasteiger partial charge in [0.25, 0.3) is 5.91 Å². The van der Waals surface area contributed by atoms with Crippen LogP contribution in [0.25, 0.3) is 0 Å². The molecule has 2 aromatic rings. The highest BCUT2D eigenvalue weighted by atomic mass is 35.5.